The number of carbonyl (C=O) groups is 1. The molecule has 0 saturated heterocycles. The highest BCUT2D eigenvalue weighted by Gasteiger charge is 2.03. The van der Waals surface area contributed by atoms with Crippen LogP contribution in [0, 0.1) is 25.7 Å². The molecule has 0 aliphatic rings. The highest BCUT2D eigenvalue weighted by Crippen LogP contribution is 2.04. The van der Waals surface area contributed by atoms with Crippen LogP contribution in [0.3, 0.4) is 0 Å². The monoisotopic (exact) mass is 278 g/mol. The lowest BCUT2D eigenvalue weighted by Gasteiger charge is -2.01. The Labute approximate surface area is 125 Å². The van der Waals surface area contributed by atoms with Crippen LogP contribution < -0.4 is 0 Å². The SMILES string of the molecule is Cc1ccc(C#CCOC(=O)Cc2ccc(C)cc2)cc1. The topological polar surface area (TPSA) is 26.3 Å². The molecule has 0 heterocycles. The van der Waals surface area contributed by atoms with Crippen molar-refractivity contribution in [2.45, 2.75) is 20.3 Å². The molecule has 0 amide bonds. The van der Waals surface area contributed by atoms with Gasteiger partial charge in [-0.25, -0.2) is 0 Å². The largest absolute Gasteiger partial charge is 0.452 e. The standard InChI is InChI=1S/C19H18O2/c1-15-5-9-17(10-6-15)4-3-13-21-19(20)14-18-11-7-16(2)8-12-18/h5-12H,13-14H2,1-2H3. The molecule has 2 heteroatoms. The van der Waals surface area contributed by atoms with E-state index in [-0.39, 0.29) is 19.0 Å². The number of aryl methyl sites for hydroxylation is 2. The van der Waals surface area contributed by atoms with Crippen molar-refractivity contribution in [1.82, 2.24) is 0 Å². The summed E-state index contributed by atoms with van der Waals surface area (Å²) in [4.78, 5) is 11.7. The Bertz CT molecular complexity index is 655. The average Bonchev–Trinajstić information content (AvgIpc) is 2.48. The first-order valence-corrected chi connectivity index (χ1v) is 6.90. The first kappa shape index (κ1) is 14.9. The van der Waals surface area contributed by atoms with Crippen LogP contribution in [0.25, 0.3) is 0 Å². The van der Waals surface area contributed by atoms with Crippen LogP contribution in [0.5, 0.6) is 0 Å². The summed E-state index contributed by atoms with van der Waals surface area (Å²) in [6.45, 7) is 4.17. The zero-order chi connectivity index (χ0) is 15.1. The van der Waals surface area contributed by atoms with Gasteiger partial charge >= 0.3 is 5.97 Å². The third-order valence-corrected chi connectivity index (χ3v) is 3.06. The van der Waals surface area contributed by atoms with Crippen molar-refractivity contribution in [3.63, 3.8) is 0 Å². The second-order valence-electron chi connectivity index (χ2n) is 4.99. The zero-order valence-electron chi connectivity index (χ0n) is 12.3. The average molecular weight is 278 g/mol. The van der Waals surface area contributed by atoms with E-state index in [0.29, 0.717) is 0 Å². The van der Waals surface area contributed by atoms with Crippen LogP contribution in [0.1, 0.15) is 22.3 Å². The summed E-state index contributed by atoms with van der Waals surface area (Å²) in [6.07, 6.45) is 0.284. The Morgan fingerprint density at radius 2 is 1.52 bits per heavy atom. The molecular weight excluding hydrogens is 260 g/mol. The fraction of sp³-hybridized carbons (Fsp3) is 0.211. The third kappa shape index (κ3) is 5.16. The van der Waals surface area contributed by atoms with Gasteiger partial charge in [-0.05, 0) is 31.5 Å². The van der Waals surface area contributed by atoms with E-state index >= 15 is 0 Å². The number of hydrogen-bond acceptors (Lipinski definition) is 2. The predicted molar refractivity (Wildman–Crippen MR) is 83.9 cm³/mol. The number of benzene rings is 2. The first-order chi connectivity index (χ1) is 10.1. The van der Waals surface area contributed by atoms with Gasteiger partial charge in [-0.2, -0.15) is 0 Å². The fourth-order valence-corrected chi connectivity index (χ4v) is 1.82. The number of hydrogen-bond donors (Lipinski definition) is 0. The fourth-order valence-electron chi connectivity index (χ4n) is 1.82. The zero-order valence-corrected chi connectivity index (χ0v) is 12.3. The number of carbonyl (C=O) groups excluding carboxylic acids is 1. The number of ether oxygens (including phenoxy) is 1. The van der Waals surface area contributed by atoms with Crippen molar-refractivity contribution in [3.8, 4) is 11.8 Å². The normalized spacial score (nSPS) is 9.62. The molecule has 0 aromatic heterocycles. The predicted octanol–water partition coefficient (Wildman–Crippen LogP) is 3.44. The van der Waals surface area contributed by atoms with Gasteiger partial charge in [0.15, 0.2) is 6.61 Å². The summed E-state index contributed by atoms with van der Waals surface area (Å²) in [5.41, 5.74) is 4.26. The lowest BCUT2D eigenvalue weighted by molar-refractivity contribution is -0.141. The highest BCUT2D eigenvalue weighted by atomic mass is 16.5. The van der Waals surface area contributed by atoms with Crippen molar-refractivity contribution in [2.75, 3.05) is 6.61 Å². The molecule has 0 N–H and O–H groups in total. The van der Waals surface area contributed by atoms with E-state index in [2.05, 4.69) is 11.8 Å². The number of rotatable bonds is 3. The molecule has 0 fully saturated rings. The molecule has 2 rings (SSSR count). The van der Waals surface area contributed by atoms with E-state index in [1.54, 1.807) is 0 Å². The van der Waals surface area contributed by atoms with Crippen LogP contribution in [0.15, 0.2) is 48.5 Å². The van der Waals surface area contributed by atoms with Gasteiger partial charge in [0.2, 0.25) is 0 Å². The Hall–Kier alpha value is -2.53. The van der Waals surface area contributed by atoms with Crippen LogP contribution in [0.4, 0.5) is 0 Å². The lowest BCUT2D eigenvalue weighted by Crippen LogP contribution is -2.08. The molecular formula is C19H18O2. The quantitative estimate of drug-likeness (QED) is 0.635. The summed E-state index contributed by atoms with van der Waals surface area (Å²) < 4.78 is 5.11. The van der Waals surface area contributed by atoms with Gasteiger partial charge in [0.1, 0.15) is 0 Å². The summed E-state index contributed by atoms with van der Waals surface area (Å²) in [6, 6.07) is 15.8. The minimum Gasteiger partial charge on any atom is -0.452 e. The van der Waals surface area contributed by atoms with E-state index in [1.165, 1.54) is 11.1 Å². The smallest absolute Gasteiger partial charge is 0.311 e. The van der Waals surface area contributed by atoms with E-state index in [9.17, 15) is 4.79 Å². The number of esters is 1. The second-order valence-corrected chi connectivity index (χ2v) is 4.99. The summed E-state index contributed by atoms with van der Waals surface area (Å²) >= 11 is 0. The maximum absolute atomic E-state index is 11.7. The van der Waals surface area contributed by atoms with Crippen molar-refractivity contribution in [3.05, 3.63) is 70.8 Å². The lowest BCUT2D eigenvalue weighted by atomic mass is 10.1. The summed E-state index contributed by atoms with van der Waals surface area (Å²) in [5.74, 6) is 5.57. The van der Waals surface area contributed by atoms with Crippen molar-refractivity contribution in [2.24, 2.45) is 0 Å². The molecule has 0 bridgehead atoms. The Morgan fingerprint density at radius 3 is 2.14 bits per heavy atom. The third-order valence-electron chi connectivity index (χ3n) is 3.06. The Morgan fingerprint density at radius 1 is 0.952 bits per heavy atom. The Balaban J connectivity index is 1.79. The van der Waals surface area contributed by atoms with E-state index in [1.807, 2.05) is 62.4 Å². The molecule has 0 radical (unpaired) electrons. The van der Waals surface area contributed by atoms with Crippen LogP contribution in [0.2, 0.25) is 0 Å². The van der Waals surface area contributed by atoms with Gasteiger partial charge < -0.3 is 4.74 Å². The second kappa shape index (κ2) is 7.31. The Kier molecular flexibility index (Phi) is 5.17. The molecule has 0 aliphatic heterocycles. The van der Waals surface area contributed by atoms with E-state index in [4.69, 9.17) is 4.74 Å². The van der Waals surface area contributed by atoms with E-state index < -0.39 is 0 Å². The van der Waals surface area contributed by atoms with E-state index in [0.717, 1.165) is 11.1 Å². The van der Waals surface area contributed by atoms with Crippen molar-refractivity contribution in [1.29, 1.82) is 0 Å². The molecule has 0 atom stereocenters. The van der Waals surface area contributed by atoms with Gasteiger partial charge in [0.05, 0.1) is 6.42 Å². The van der Waals surface area contributed by atoms with Crippen LogP contribution >= 0.6 is 0 Å². The molecule has 0 saturated carbocycles. The van der Waals surface area contributed by atoms with Gasteiger partial charge in [-0.3, -0.25) is 4.79 Å². The maximum Gasteiger partial charge on any atom is 0.311 e. The van der Waals surface area contributed by atoms with Crippen molar-refractivity contribution >= 4 is 5.97 Å². The maximum atomic E-state index is 11.7. The summed E-state index contributed by atoms with van der Waals surface area (Å²) in [7, 11) is 0. The molecule has 106 valence electrons. The molecule has 0 unspecified atom stereocenters. The highest BCUT2D eigenvalue weighted by molar-refractivity contribution is 5.72. The molecule has 2 nitrogen and oxygen atoms in total. The van der Waals surface area contributed by atoms with Gasteiger partial charge in [-0.1, -0.05) is 59.4 Å². The molecule has 2 aromatic rings. The van der Waals surface area contributed by atoms with Crippen molar-refractivity contribution < 1.29 is 9.53 Å². The molecule has 2 aromatic carbocycles. The van der Waals surface area contributed by atoms with Crippen LogP contribution in [-0.4, -0.2) is 12.6 Å². The molecule has 21 heavy (non-hydrogen) atoms. The van der Waals surface area contributed by atoms with Gasteiger partial charge in [0, 0.05) is 5.56 Å². The minimum atomic E-state index is -0.253. The first-order valence-electron chi connectivity index (χ1n) is 6.90. The summed E-state index contributed by atoms with van der Waals surface area (Å²) in [5, 5.41) is 0. The van der Waals surface area contributed by atoms with Gasteiger partial charge in [0.25, 0.3) is 0 Å². The van der Waals surface area contributed by atoms with Gasteiger partial charge in [-0.15, -0.1) is 0 Å². The minimum absolute atomic E-state index is 0.124. The van der Waals surface area contributed by atoms with Crippen LogP contribution in [-0.2, 0) is 16.0 Å². The molecule has 0 aliphatic carbocycles. The molecule has 0 spiro atoms.